The van der Waals surface area contributed by atoms with Gasteiger partial charge in [-0.15, -0.1) is 0 Å². The van der Waals surface area contributed by atoms with Crippen LogP contribution >= 0.6 is 0 Å². The molecule has 1 aromatic heterocycles. The first kappa shape index (κ1) is 30.3. The van der Waals surface area contributed by atoms with Crippen LogP contribution in [-0.2, 0) is 35.1 Å². The number of benzene rings is 1. The minimum absolute atomic E-state index is 0.180. The highest BCUT2D eigenvalue weighted by atomic mass is 16.6. The number of esters is 2. The molecule has 1 amide bonds. The molecule has 0 radical (unpaired) electrons. The molecule has 9 heteroatoms. The first-order chi connectivity index (χ1) is 18.6. The second kappa shape index (κ2) is 13.7. The summed E-state index contributed by atoms with van der Waals surface area (Å²) in [5, 5.41) is 2.99. The summed E-state index contributed by atoms with van der Waals surface area (Å²) in [6, 6.07) is 8.85. The van der Waals surface area contributed by atoms with Gasteiger partial charge in [-0.2, -0.15) is 0 Å². The average Bonchev–Trinajstić information content (AvgIpc) is 3.56. The van der Waals surface area contributed by atoms with E-state index in [0.717, 1.165) is 24.1 Å². The molecule has 1 aliphatic rings. The Hall–Kier alpha value is -3.20. The van der Waals surface area contributed by atoms with E-state index in [-0.39, 0.29) is 25.0 Å². The zero-order valence-corrected chi connectivity index (χ0v) is 23.9. The molecule has 3 rings (SSSR count). The fraction of sp³-hybridized carbons (Fsp3) is 0.600. The van der Waals surface area contributed by atoms with Gasteiger partial charge in [0.1, 0.15) is 11.6 Å². The van der Waals surface area contributed by atoms with Gasteiger partial charge in [-0.1, -0.05) is 43.2 Å². The summed E-state index contributed by atoms with van der Waals surface area (Å²) in [7, 11) is 1.59. The third-order valence-corrected chi connectivity index (χ3v) is 7.06. The summed E-state index contributed by atoms with van der Waals surface area (Å²) in [5.41, 5.74) is 0.327. The van der Waals surface area contributed by atoms with Gasteiger partial charge in [-0.25, -0.2) is 9.78 Å². The van der Waals surface area contributed by atoms with Crippen molar-refractivity contribution in [3.8, 4) is 11.3 Å². The molecule has 1 heterocycles. The van der Waals surface area contributed by atoms with Crippen molar-refractivity contribution in [3.63, 3.8) is 0 Å². The summed E-state index contributed by atoms with van der Waals surface area (Å²) in [6.45, 7) is 8.00. The number of rotatable bonds is 13. The van der Waals surface area contributed by atoms with E-state index in [1.54, 1.807) is 24.9 Å². The van der Waals surface area contributed by atoms with Crippen molar-refractivity contribution < 1.29 is 28.6 Å². The fourth-order valence-electron chi connectivity index (χ4n) is 5.16. The van der Waals surface area contributed by atoms with E-state index in [1.807, 2.05) is 57.3 Å². The first-order valence-electron chi connectivity index (χ1n) is 13.8. The van der Waals surface area contributed by atoms with Gasteiger partial charge < -0.3 is 24.1 Å². The molecule has 1 saturated carbocycles. The van der Waals surface area contributed by atoms with Gasteiger partial charge in [-0.05, 0) is 53.4 Å². The van der Waals surface area contributed by atoms with Crippen molar-refractivity contribution in [1.82, 2.24) is 14.9 Å². The summed E-state index contributed by atoms with van der Waals surface area (Å²) >= 11 is 0. The molecule has 1 aromatic carbocycles. The Morgan fingerprint density at radius 3 is 2.41 bits per heavy atom. The maximum absolute atomic E-state index is 13.9. The highest BCUT2D eigenvalue weighted by molar-refractivity contribution is 5.88. The van der Waals surface area contributed by atoms with Crippen LogP contribution < -0.4 is 5.32 Å². The van der Waals surface area contributed by atoms with Crippen LogP contribution in [0, 0.1) is 11.3 Å². The number of hydrogen-bond donors (Lipinski definition) is 1. The van der Waals surface area contributed by atoms with E-state index in [4.69, 9.17) is 14.2 Å². The van der Waals surface area contributed by atoms with Crippen molar-refractivity contribution in [2.75, 3.05) is 20.3 Å². The molecule has 0 spiro atoms. The average molecular weight is 542 g/mol. The molecule has 0 saturated heterocycles. The number of nitrogens with zero attached hydrogens (tertiary/aromatic N) is 2. The summed E-state index contributed by atoms with van der Waals surface area (Å²) < 4.78 is 18.0. The lowest BCUT2D eigenvalue weighted by molar-refractivity contribution is -0.162. The fourth-order valence-corrected chi connectivity index (χ4v) is 5.16. The Labute approximate surface area is 231 Å². The van der Waals surface area contributed by atoms with E-state index in [0.29, 0.717) is 32.3 Å². The number of imidazole rings is 1. The Bertz CT molecular complexity index is 1090. The minimum Gasteiger partial charge on any atom is -0.464 e. The predicted octanol–water partition coefficient (Wildman–Crippen LogP) is 4.54. The van der Waals surface area contributed by atoms with E-state index in [9.17, 15) is 14.4 Å². The summed E-state index contributed by atoms with van der Waals surface area (Å²) in [4.78, 5) is 44.4. The second-order valence-corrected chi connectivity index (χ2v) is 11.3. The molecule has 214 valence electrons. The lowest BCUT2D eigenvalue weighted by Crippen LogP contribution is -2.51. The number of carbonyl (C=O) groups is 3. The number of amides is 1. The van der Waals surface area contributed by atoms with Crippen LogP contribution in [0.15, 0.2) is 42.9 Å². The largest absolute Gasteiger partial charge is 0.464 e. The molecule has 2 atom stereocenters. The van der Waals surface area contributed by atoms with Gasteiger partial charge in [0.25, 0.3) is 0 Å². The Morgan fingerprint density at radius 2 is 1.79 bits per heavy atom. The van der Waals surface area contributed by atoms with Crippen molar-refractivity contribution in [2.45, 2.75) is 84.4 Å². The molecule has 2 aromatic rings. The van der Waals surface area contributed by atoms with Crippen molar-refractivity contribution in [2.24, 2.45) is 11.3 Å². The van der Waals surface area contributed by atoms with Crippen LogP contribution in [-0.4, -0.2) is 59.4 Å². The standard InChI is InChI=1S/C30H43N3O6/c1-6-38-27(35)25(20-33-19-24(31-21-33)22-12-8-7-9-13-22)32-28(36)30(15-10-11-16-30)18-23(14-17-37-5)26(34)39-29(2,3)4/h7-9,12-13,19,21,23,25H,6,10-11,14-18,20H2,1-5H3,(H,32,36)/t23-,25+/m1/s1. The zero-order chi connectivity index (χ0) is 28.5. The minimum atomic E-state index is -0.897. The summed E-state index contributed by atoms with van der Waals surface area (Å²) in [6.07, 6.45) is 7.34. The lowest BCUT2D eigenvalue weighted by atomic mass is 9.75. The molecule has 1 N–H and O–H groups in total. The molecule has 0 bridgehead atoms. The van der Waals surface area contributed by atoms with Gasteiger partial charge in [0, 0.05) is 25.5 Å². The van der Waals surface area contributed by atoms with E-state index < -0.39 is 28.9 Å². The molecule has 39 heavy (non-hydrogen) atoms. The van der Waals surface area contributed by atoms with Crippen LogP contribution in [0.5, 0.6) is 0 Å². The number of ether oxygens (including phenoxy) is 3. The third kappa shape index (κ3) is 8.65. The van der Waals surface area contributed by atoms with Crippen molar-refractivity contribution in [3.05, 3.63) is 42.9 Å². The smallest absolute Gasteiger partial charge is 0.330 e. The molecular weight excluding hydrogens is 498 g/mol. The molecule has 0 unspecified atom stereocenters. The van der Waals surface area contributed by atoms with Crippen molar-refractivity contribution >= 4 is 17.8 Å². The molecule has 9 nitrogen and oxygen atoms in total. The van der Waals surface area contributed by atoms with Crippen LogP contribution in [0.4, 0.5) is 0 Å². The van der Waals surface area contributed by atoms with Crippen LogP contribution in [0.3, 0.4) is 0 Å². The number of aromatic nitrogens is 2. The number of hydrogen-bond acceptors (Lipinski definition) is 7. The van der Waals surface area contributed by atoms with E-state index >= 15 is 0 Å². The van der Waals surface area contributed by atoms with Gasteiger partial charge in [0.15, 0.2) is 0 Å². The van der Waals surface area contributed by atoms with E-state index in [1.165, 1.54) is 0 Å². The van der Waals surface area contributed by atoms with Gasteiger partial charge >= 0.3 is 11.9 Å². The molecular formula is C30H43N3O6. The quantitative estimate of drug-likeness (QED) is 0.371. The van der Waals surface area contributed by atoms with Crippen LogP contribution in [0.1, 0.15) is 66.2 Å². The van der Waals surface area contributed by atoms with Crippen molar-refractivity contribution in [1.29, 1.82) is 0 Å². The second-order valence-electron chi connectivity index (χ2n) is 11.3. The normalized spacial score (nSPS) is 16.3. The Balaban J connectivity index is 1.80. The number of carbonyl (C=O) groups excluding carboxylic acids is 3. The highest BCUT2D eigenvalue weighted by Crippen LogP contribution is 2.44. The zero-order valence-electron chi connectivity index (χ0n) is 23.9. The van der Waals surface area contributed by atoms with Crippen LogP contribution in [0.25, 0.3) is 11.3 Å². The number of nitrogens with one attached hydrogen (secondary N) is 1. The number of methoxy groups -OCH3 is 1. The predicted molar refractivity (Wildman–Crippen MR) is 148 cm³/mol. The topological polar surface area (TPSA) is 109 Å². The molecule has 1 aliphatic carbocycles. The van der Waals surface area contributed by atoms with Crippen LogP contribution in [0.2, 0.25) is 0 Å². The van der Waals surface area contributed by atoms with Gasteiger partial charge in [-0.3, -0.25) is 9.59 Å². The Morgan fingerprint density at radius 1 is 1.10 bits per heavy atom. The third-order valence-electron chi connectivity index (χ3n) is 7.06. The van der Waals surface area contributed by atoms with E-state index in [2.05, 4.69) is 10.3 Å². The first-order valence-corrected chi connectivity index (χ1v) is 13.8. The monoisotopic (exact) mass is 541 g/mol. The SMILES string of the molecule is CCOC(=O)[C@H](Cn1cnc(-c2ccccc2)c1)NC(=O)C1(C[C@@H](CCOC)C(=O)OC(C)(C)C)CCCC1. The maximum Gasteiger partial charge on any atom is 0.330 e. The molecule has 1 fully saturated rings. The lowest BCUT2D eigenvalue weighted by Gasteiger charge is -2.33. The maximum atomic E-state index is 13.9. The van der Waals surface area contributed by atoms with Gasteiger partial charge in [0.2, 0.25) is 5.91 Å². The highest BCUT2D eigenvalue weighted by Gasteiger charge is 2.45. The Kier molecular flexibility index (Phi) is 10.7. The molecule has 0 aliphatic heterocycles. The summed E-state index contributed by atoms with van der Waals surface area (Å²) in [5.74, 6) is -1.55. The van der Waals surface area contributed by atoms with Gasteiger partial charge in [0.05, 0.1) is 36.5 Å².